The zero-order chi connectivity index (χ0) is 12.3. The van der Waals surface area contributed by atoms with Crippen LogP contribution in [0, 0.1) is 0 Å². The predicted octanol–water partition coefficient (Wildman–Crippen LogP) is 2.83. The first kappa shape index (κ1) is 12.2. The molecule has 1 heterocycles. The van der Waals surface area contributed by atoms with Crippen LogP contribution in [0.1, 0.15) is 28.5 Å². The van der Waals surface area contributed by atoms with E-state index in [9.17, 15) is 18.0 Å². The number of aromatic nitrogens is 1. The molecule has 3 nitrogen and oxygen atoms in total. The van der Waals surface area contributed by atoms with E-state index >= 15 is 0 Å². The van der Waals surface area contributed by atoms with Gasteiger partial charge in [0.25, 0.3) is 0 Å². The van der Waals surface area contributed by atoms with Crippen LogP contribution in [0.2, 0.25) is 0 Å². The molecule has 0 aliphatic heterocycles. The van der Waals surface area contributed by atoms with Gasteiger partial charge in [0.05, 0.1) is 5.56 Å². The number of nitrogens with zero attached hydrogens (tertiary/aromatic N) is 1. The molecule has 0 aromatic carbocycles. The molecule has 0 saturated heterocycles. The van der Waals surface area contributed by atoms with Crippen molar-refractivity contribution in [1.29, 1.82) is 0 Å². The Balaban J connectivity index is 3.34. The lowest BCUT2D eigenvalue weighted by Crippen LogP contribution is -2.10. The smallest absolute Gasteiger partial charge is 0.433 e. The highest BCUT2D eigenvalue weighted by molar-refractivity contribution is 5.91. The van der Waals surface area contributed by atoms with Crippen LogP contribution in [-0.4, -0.2) is 16.1 Å². The summed E-state index contributed by atoms with van der Waals surface area (Å²) in [6, 6.07) is 0.712. The fraction of sp³-hybridized carbons (Fsp3) is 0.200. The van der Waals surface area contributed by atoms with Crippen LogP contribution in [-0.2, 0) is 6.18 Å². The molecule has 0 amide bonds. The number of hydrogen-bond acceptors (Lipinski definition) is 2. The molecule has 1 rings (SSSR count). The maximum Gasteiger partial charge on any atom is 0.433 e. The summed E-state index contributed by atoms with van der Waals surface area (Å²) < 4.78 is 36.9. The number of rotatable bonds is 2. The maximum absolute atomic E-state index is 12.3. The Bertz CT molecular complexity index is 438. The first-order valence-electron chi connectivity index (χ1n) is 4.29. The summed E-state index contributed by atoms with van der Waals surface area (Å²) in [4.78, 5) is 13.8. The van der Waals surface area contributed by atoms with Gasteiger partial charge in [0, 0.05) is 6.20 Å². The minimum absolute atomic E-state index is 0.0164. The molecule has 0 unspecified atom stereocenters. The van der Waals surface area contributed by atoms with E-state index in [1.165, 1.54) is 12.2 Å². The van der Waals surface area contributed by atoms with Crippen molar-refractivity contribution >= 4 is 12.0 Å². The van der Waals surface area contributed by atoms with Gasteiger partial charge in [-0.15, -0.1) is 0 Å². The number of hydrogen-bond donors (Lipinski definition) is 1. The van der Waals surface area contributed by atoms with Gasteiger partial charge in [0.2, 0.25) is 0 Å². The molecule has 6 heteroatoms. The van der Waals surface area contributed by atoms with E-state index in [4.69, 9.17) is 5.11 Å². The SMILES string of the molecule is C/C=C/c1cc(C(F)(F)F)ncc1C(=O)O. The van der Waals surface area contributed by atoms with Gasteiger partial charge in [-0.2, -0.15) is 13.2 Å². The predicted molar refractivity (Wildman–Crippen MR) is 50.9 cm³/mol. The summed E-state index contributed by atoms with van der Waals surface area (Å²) in [6.45, 7) is 1.58. The Morgan fingerprint density at radius 2 is 2.12 bits per heavy atom. The molecule has 86 valence electrons. The molecule has 0 bridgehead atoms. The molecule has 0 spiro atoms. The number of pyridine rings is 1. The van der Waals surface area contributed by atoms with Crippen molar-refractivity contribution in [3.8, 4) is 0 Å². The number of carboxylic acid groups (broad SMARTS) is 1. The minimum Gasteiger partial charge on any atom is -0.478 e. The van der Waals surface area contributed by atoms with E-state index in [0.29, 0.717) is 12.3 Å². The second-order valence-electron chi connectivity index (χ2n) is 2.96. The minimum atomic E-state index is -4.58. The number of alkyl halides is 3. The zero-order valence-electron chi connectivity index (χ0n) is 8.25. The van der Waals surface area contributed by atoms with E-state index in [1.807, 2.05) is 0 Å². The fourth-order valence-corrected chi connectivity index (χ4v) is 1.12. The summed E-state index contributed by atoms with van der Waals surface area (Å²) >= 11 is 0. The molecule has 1 aromatic rings. The highest BCUT2D eigenvalue weighted by Crippen LogP contribution is 2.29. The molecule has 0 atom stereocenters. The van der Waals surface area contributed by atoms with Crippen molar-refractivity contribution in [3.05, 3.63) is 35.2 Å². The topological polar surface area (TPSA) is 50.2 Å². The molecular weight excluding hydrogens is 223 g/mol. The average molecular weight is 231 g/mol. The second kappa shape index (κ2) is 4.34. The first-order chi connectivity index (χ1) is 7.36. The van der Waals surface area contributed by atoms with E-state index in [1.54, 1.807) is 6.92 Å². The maximum atomic E-state index is 12.3. The molecule has 0 aliphatic carbocycles. The van der Waals surface area contributed by atoms with Crippen LogP contribution < -0.4 is 0 Å². The van der Waals surface area contributed by atoms with Crippen molar-refractivity contribution < 1.29 is 23.1 Å². The van der Waals surface area contributed by atoms with Crippen molar-refractivity contribution in [3.63, 3.8) is 0 Å². The Kier molecular flexibility index (Phi) is 3.31. The first-order valence-corrected chi connectivity index (χ1v) is 4.29. The summed E-state index contributed by atoms with van der Waals surface area (Å²) in [5, 5.41) is 8.73. The third-order valence-electron chi connectivity index (χ3n) is 1.80. The van der Waals surface area contributed by atoms with Gasteiger partial charge in [0.1, 0.15) is 5.69 Å². The van der Waals surface area contributed by atoms with E-state index < -0.39 is 17.8 Å². The van der Waals surface area contributed by atoms with E-state index in [0.717, 1.165) is 0 Å². The van der Waals surface area contributed by atoms with Gasteiger partial charge in [-0.25, -0.2) is 4.79 Å². The molecule has 0 fully saturated rings. The number of halogens is 3. The lowest BCUT2D eigenvalue weighted by Gasteiger charge is -2.07. The summed E-state index contributed by atoms with van der Waals surface area (Å²) in [6.07, 6.45) is -1.11. The molecule has 0 aliphatic rings. The largest absolute Gasteiger partial charge is 0.478 e. The van der Waals surface area contributed by atoms with Crippen molar-refractivity contribution in [2.45, 2.75) is 13.1 Å². The lowest BCUT2D eigenvalue weighted by molar-refractivity contribution is -0.141. The van der Waals surface area contributed by atoms with Crippen molar-refractivity contribution in [2.24, 2.45) is 0 Å². The molecular formula is C10H8F3NO2. The normalized spacial score (nSPS) is 12.0. The van der Waals surface area contributed by atoms with Crippen LogP contribution in [0.4, 0.5) is 13.2 Å². The summed E-state index contributed by atoms with van der Waals surface area (Å²) in [5.74, 6) is -1.31. The molecule has 0 radical (unpaired) electrons. The number of aromatic carboxylic acids is 1. The van der Waals surface area contributed by atoms with Gasteiger partial charge in [-0.05, 0) is 18.6 Å². The number of allylic oxidation sites excluding steroid dienone is 1. The van der Waals surface area contributed by atoms with Gasteiger partial charge in [-0.1, -0.05) is 12.2 Å². The Morgan fingerprint density at radius 1 is 1.50 bits per heavy atom. The van der Waals surface area contributed by atoms with Gasteiger partial charge >= 0.3 is 12.1 Å². The molecule has 0 saturated carbocycles. The average Bonchev–Trinajstić information content (AvgIpc) is 2.16. The number of carboxylic acids is 1. The van der Waals surface area contributed by atoms with Crippen LogP contribution in [0.25, 0.3) is 6.08 Å². The summed E-state index contributed by atoms with van der Waals surface area (Å²) in [7, 11) is 0. The molecule has 16 heavy (non-hydrogen) atoms. The van der Waals surface area contributed by atoms with Crippen molar-refractivity contribution in [2.75, 3.05) is 0 Å². The quantitative estimate of drug-likeness (QED) is 0.851. The van der Waals surface area contributed by atoms with Crippen LogP contribution in [0.3, 0.4) is 0 Å². The highest BCUT2D eigenvalue weighted by atomic mass is 19.4. The summed E-state index contributed by atoms with van der Waals surface area (Å²) in [5.41, 5.74) is -1.38. The Morgan fingerprint density at radius 3 is 2.56 bits per heavy atom. The monoisotopic (exact) mass is 231 g/mol. The van der Waals surface area contributed by atoms with E-state index in [-0.39, 0.29) is 11.1 Å². The standard InChI is InChI=1S/C10H8F3NO2/c1-2-3-6-4-8(10(11,12)13)14-5-7(6)9(15)16/h2-5H,1H3,(H,15,16)/b3-2+. The van der Waals surface area contributed by atoms with Gasteiger partial charge in [0.15, 0.2) is 0 Å². The van der Waals surface area contributed by atoms with E-state index in [2.05, 4.69) is 4.98 Å². The van der Waals surface area contributed by atoms with Gasteiger partial charge in [-0.3, -0.25) is 4.98 Å². The third kappa shape index (κ3) is 2.59. The van der Waals surface area contributed by atoms with Gasteiger partial charge < -0.3 is 5.11 Å². The number of carbonyl (C=O) groups is 1. The Hall–Kier alpha value is -1.85. The van der Waals surface area contributed by atoms with Crippen LogP contribution >= 0.6 is 0 Å². The highest BCUT2D eigenvalue weighted by Gasteiger charge is 2.33. The second-order valence-corrected chi connectivity index (χ2v) is 2.96. The molecule has 1 N–H and O–H groups in total. The van der Waals surface area contributed by atoms with Crippen LogP contribution in [0.15, 0.2) is 18.3 Å². The molecule has 1 aromatic heterocycles. The zero-order valence-corrected chi connectivity index (χ0v) is 8.25. The fourth-order valence-electron chi connectivity index (χ4n) is 1.12. The third-order valence-corrected chi connectivity index (χ3v) is 1.80. The lowest BCUT2D eigenvalue weighted by atomic mass is 10.1. The van der Waals surface area contributed by atoms with Crippen LogP contribution in [0.5, 0.6) is 0 Å². The Labute approximate surface area is 89.2 Å². The van der Waals surface area contributed by atoms with Crippen molar-refractivity contribution in [1.82, 2.24) is 4.98 Å².